The van der Waals surface area contributed by atoms with Gasteiger partial charge in [-0.3, -0.25) is 13.8 Å². The van der Waals surface area contributed by atoms with E-state index < -0.39 is 33.2 Å². The molecule has 0 radical (unpaired) electrons. The number of carbonyl (C=O) groups excluding carboxylic acids is 1. The molecule has 0 heterocycles. The average molecular weight is 990 g/mol. The fourth-order valence-corrected chi connectivity index (χ4v) is 10.0. The van der Waals surface area contributed by atoms with Crippen molar-refractivity contribution in [2.45, 2.75) is 334 Å². The zero-order chi connectivity index (χ0) is 49.5. The molecular weight excluding hydrogens is 872 g/mol. The minimum atomic E-state index is -4.52. The molecule has 68 heavy (non-hydrogen) atoms. The molecule has 3 atom stereocenters. The van der Waals surface area contributed by atoms with Crippen molar-refractivity contribution < 1.29 is 43.0 Å². The third kappa shape index (κ3) is 54.8. The molecule has 1 unspecified atom stereocenters. The highest BCUT2D eigenvalue weighted by molar-refractivity contribution is 7.47. The Hall–Kier alpha value is -0.540. The van der Waals surface area contributed by atoms with Crippen molar-refractivity contribution in [3.63, 3.8) is 0 Å². The maximum Gasteiger partial charge on any atom is 0.472 e. The van der Waals surface area contributed by atoms with Crippen LogP contribution in [0.3, 0.4) is 0 Å². The van der Waals surface area contributed by atoms with Gasteiger partial charge in [-0.05, 0) is 12.8 Å². The summed E-state index contributed by atoms with van der Waals surface area (Å²) in [7, 11) is -4.52. The first-order chi connectivity index (χ1) is 33.3. The summed E-state index contributed by atoms with van der Waals surface area (Å²) >= 11 is 0. The molecule has 0 amide bonds. The van der Waals surface area contributed by atoms with Gasteiger partial charge in [0, 0.05) is 13.0 Å². The first-order valence-corrected chi connectivity index (χ1v) is 31.5. The molecule has 10 heteroatoms. The van der Waals surface area contributed by atoms with Crippen LogP contribution in [0.15, 0.2) is 0 Å². The smallest absolute Gasteiger partial charge is 0.457 e. The largest absolute Gasteiger partial charge is 0.472 e. The Morgan fingerprint density at radius 3 is 0.956 bits per heavy atom. The topological polar surface area (TPSA) is 132 Å². The number of esters is 1. The Bertz CT molecular complexity index is 1030. The summed E-state index contributed by atoms with van der Waals surface area (Å²) in [6, 6.07) is 0. The van der Waals surface area contributed by atoms with Gasteiger partial charge in [0.25, 0.3) is 0 Å². The van der Waals surface area contributed by atoms with Crippen molar-refractivity contribution in [1.82, 2.24) is 0 Å². The van der Waals surface area contributed by atoms with Gasteiger partial charge in [0.2, 0.25) is 0 Å². The minimum absolute atomic E-state index is 0.0586. The van der Waals surface area contributed by atoms with Crippen LogP contribution in [0.4, 0.5) is 0 Å². The number of aliphatic hydroxyl groups excluding tert-OH is 2. The van der Waals surface area contributed by atoms with Gasteiger partial charge in [-0.15, -0.1) is 0 Å². The molecule has 0 fully saturated rings. The lowest BCUT2D eigenvalue weighted by Gasteiger charge is -2.20. The highest BCUT2D eigenvalue weighted by Gasteiger charge is 2.26. The van der Waals surface area contributed by atoms with Gasteiger partial charge in [-0.25, -0.2) is 4.57 Å². The number of aliphatic hydroxyl groups is 2. The van der Waals surface area contributed by atoms with Gasteiger partial charge in [0.05, 0.1) is 26.4 Å². The van der Waals surface area contributed by atoms with Crippen molar-refractivity contribution in [2.24, 2.45) is 0 Å². The summed E-state index contributed by atoms with van der Waals surface area (Å²) < 4.78 is 33.6. The summed E-state index contributed by atoms with van der Waals surface area (Å²) in [6.07, 6.45) is 61.2. The van der Waals surface area contributed by atoms with Crippen LogP contribution in [-0.4, -0.2) is 66.3 Å². The Balaban J connectivity index is 3.79. The summed E-state index contributed by atoms with van der Waals surface area (Å²) in [5.74, 6) is -0.371. The third-order valence-electron chi connectivity index (χ3n) is 13.8. The molecule has 0 aliphatic rings. The Morgan fingerprint density at radius 2 is 0.662 bits per heavy atom. The number of hydrogen-bond acceptors (Lipinski definition) is 8. The van der Waals surface area contributed by atoms with Crippen molar-refractivity contribution in [3.8, 4) is 0 Å². The molecule has 0 saturated carbocycles. The number of phosphoric acid groups is 1. The summed E-state index contributed by atoms with van der Waals surface area (Å²) in [5, 5.41) is 18.4. The number of rotatable bonds is 59. The lowest BCUT2D eigenvalue weighted by molar-refractivity contribution is -0.154. The van der Waals surface area contributed by atoms with E-state index in [0.29, 0.717) is 6.61 Å². The van der Waals surface area contributed by atoms with Crippen LogP contribution in [0.5, 0.6) is 0 Å². The molecule has 0 saturated heterocycles. The molecule has 0 aromatic carbocycles. The quantitative estimate of drug-likeness (QED) is 0.0310. The van der Waals surface area contributed by atoms with Crippen LogP contribution < -0.4 is 0 Å². The first-order valence-electron chi connectivity index (χ1n) is 30.0. The Kier molecular flexibility index (Phi) is 55.3. The van der Waals surface area contributed by atoms with Crippen LogP contribution in [0.1, 0.15) is 322 Å². The van der Waals surface area contributed by atoms with E-state index in [0.717, 1.165) is 32.1 Å². The maximum atomic E-state index is 12.7. The highest BCUT2D eigenvalue weighted by atomic mass is 31.2. The van der Waals surface area contributed by atoms with E-state index in [-0.39, 0.29) is 25.6 Å². The van der Waals surface area contributed by atoms with Gasteiger partial charge >= 0.3 is 13.8 Å². The molecule has 0 aliphatic carbocycles. The Labute approximate surface area is 422 Å². The average Bonchev–Trinajstić information content (AvgIpc) is 3.33. The second kappa shape index (κ2) is 55.8. The second-order valence-electron chi connectivity index (χ2n) is 20.7. The minimum Gasteiger partial charge on any atom is -0.457 e. The molecule has 3 N–H and O–H groups in total. The molecule has 9 nitrogen and oxygen atoms in total. The number of ether oxygens (including phenoxy) is 2. The Morgan fingerprint density at radius 1 is 0.397 bits per heavy atom. The van der Waals surface area contributed by atoms with E-state index >= 15 is 0 Å². The van der Waals surface area contributed by atoms with E-state index in [1.165, 1.54) is 270 Å². The summed E-state index contributed by atoms with van der Waals surface area (Å²) in [4.78, 5) is 22.7. The second-order valence-corrected chi connectivity index (χ2v) is 22.2. The van der Waals surface area contributed by atoms with Gasteiger partial charge in [0.15, 0.2) is 0 Å². The molecule has 408 valence electrons. The molecular formula is C58H117O9P. The van der Waals surface area contributed by atoms with Crippen LogP contribution in [0.25, 0.3) is 0 Å². The number of hydrogen-bond donors (Lipinski definition) is 3. The number of carbonyl (C=O) groups is 1. The zero-order valence-electron chi connectivity index (χ0n) is 45.4. The normalized spacial score (nSPS) is 13.5. The van der Waals surface area contributed by atoms with Gasteiger partial charge in [-0.2, -0.15) is 0 Å². The molecule has 0 rings (SSSR count). The monoisotopic (exact) mass is 989 g/mol. The molecule has 0 aromatic rings. The van der Waals surface area contributed by atoms with Gasteiger partial charge in [-0.1, -0.05) is 303 Å². The van der Waals surface area contributed by atoms with E-state index in [2.05, 4.69) is 13.8 Å². The molecule has 0 aromatic heterocycles. The number of unbranched alkanes of at least 4 members (excludes halogenated alkanes) is 45. The van der Waals surface area contributed by atoms with E-state index in [4.69, 9.17) is 23.6 Å². The predicted molar refractivity (Wildman–Crippen MR) is 288 cm³/mol. The standard InChI is InChI=1S/C58H117O9P/c1-3-5-7-9-11-13-15-17-19-20-21-22-23-24-25-26-27-28-29-30-31-32-33-34-35-36-37-38-40-42-44-46-48-50-58(61)67-57(55-66-68(62,63)65-53-56(60)52-59)54-64-51-49-47-45-43-41-39-18-16-14-12-10-8-6-4-2/h56-57,59-60H,3-55H2,1-2H3,(H,62,63)/t56-,57+/m0/s1. The van der Waals surface area contributed by atoms with Gasteiger partial charge < -0.3 is 24.6 Å². The van der Waals surface area contributed by atoms with E-state index in [1.54, 1.807) is 0 Å². The summed E-state index contributed by atoms with van der Waals surface area (Å²) in [6.45, 7) is 3.61. The lowest BCUT2D eigenvalue weighted by Crippen LogP contribution is -2.29. The molecule has 0 spiro atoms. The van der Waals surface area contributed by atoms with Crippen LogP contribution >= 0.6 is 7.82 Å². The maximum absolute atomic E-state index is 12.7. The number of phosphoric ester groups is 1. The van der Waals surface area contributed by atoms with Crippen molar-refractivity contribution >= 4 is 13.8 Å². The van der Waals surface area contributed by atoms with Crippen molar-refractivity contribution in [2.75, 3.05) is 33.0 Å². The fraction of sp³-hybridized carbons (Fsp3) is 0.983. The molecule has 0 aliphatic heterocycles. The highest BCUT2D eigenvalue weighted by Crippen LogP contribution is 2.43. The zero-order valence-corrected chi connectivity index (χ0v) is 46.3. The fourth-order valence-electron chi connectivity index (χ4n) is 9.24. The molecule has 0 bridgehead atoms. The van der Waals surface area contributed by atoms with Crippen molar-refractivity contribution in [1.29, 1.82) is 0 Å². The van der Waals surface area contributed by atoms with Crippen LogP contribution in [-0.2, 0) is 27.9 Å². The SMILES string of the molecule is CCCCCCCCCCCCCCCCCCCCCCCCCCCCCCCCCCCC(=O)O[C@H](COCCCCCCCCCCCCCCCC)COP(=O)(O)OC[C@@H](O)CO. The van der Waals surface area contributed by atoms with Crippen LogP contribution in [0.2, 0.25) is 0 Å². The third-order valence-corrected chi connectivity index (χ3v) is 14.7. The van der Waals surface area contributed by atoms with Crippen LogP contribution in [0, 0.1) is 0 Å². The predicted octanol–water partition coefficient (Wildman–Crippen LogP) is 18.2. The van der Waals surface area contributed by atoms with E-state index in [9.17, 15) is 19.4 Å². The lowest BCUT2D eigenvalue weighted by atomic mass is 10.0. The van der Waals surface area contributed by atoms with Gasteiger partial charge in [0.1, 0.15) is 12.2 Å². The first kappa shape index (κ1) is 67.5. The van der Waals surface area contributed by atoms with Crippen molar-refractivity contribution in [3.05, 3.63) is 0 Å². The summed E-state index contributed by atoms with van der Waals surface area (Å²) in [5.41, 5.74) is 0. The van der Waals surface area contributed by atoms with E-state index in [1.807, 2.05) is 0 Å².